The van der Waals surface area contributed by atoms with Crippen LogP contribution in [0.5, 0.6) is 0 Å². The number of carbonyl (C=O) groups excluding carboxylic acids is 1. The summed E-state index contributed by atoms with van der Waals surface area (Å²) in [5.74, 6) is -1.17. The van der Waals surface area contributed by atoms with Crippen LogP contribution in [0.15, 0.2) is 18.2 Å². The zero-order valence-corrected chi connectivity index (χ0v) is 13.3. The van der Waals surface area contributed by atoms with Gasteiger partial charge in [-0.05, 0) is 43.4 Å². The zero-order chi connectivity index (χ0) is 16.6. The van der Waals surface area contributed by atoms with Crippen LogP contribution in [-0.2, 0) is 4.79 Å². The standard InChI is InChI=1S/C17H15ClF2N2O/c1-9-14(10-5-7-11(23)8-6-10)16(17(18)22-21-9)15-12(19)3-2-4-13(15)20/h2-4,10H,5-8H2,1H3. The molecule has 6 heteroatoms. The second-order valence-electron chi connectivity index (χ2n) is 5.77. The molecular weight excluding hydrogens is 322 g/mol. The molecule has 23 heavy (non-hydrogen) atoms. The second kappa shape index (κ2) is 6.32. The fourth-order valence-electron chi connectivity index (χ4n) is 3.22. The van der Waals surface area contributed by atoms with Gasteiger partial charge in [0.1, 0.15) is 17.4 Å². The molecule has 0 spiro atoms. The Bertz CT molecular complexity index is 749. The Balaban J connectivity index is 2.21. The van der Waals surface area contributed by atoms with E-state index in [0.717, 1.165) is 0 Å². The highest BCUT2D eigenvalue weighted by atomic mass is 35.5. The first kappa shape index (κ1) is 16.0. The summed E-state index contributed by atoms with van der Waals surface area (Å²) in [6.45, 7) is 1.75. The molecule has 0 saturated heterocycles. The lowest BCUT2D eigenvalue weighted by atomic mass is 9.80. The molecule has 1 aliphatic rings. The predicted octanol–water partition coefficient (Wildman–Crippen LogP) is 4.61. The molecule has 3 nitrogen and oxygen atoms in total. The molecule has 1 aliphatic carbocycles. The Morgan fingerprint density at radius 1 is 1.09 bits per heavy atom. The van der Waals surface area contributed by atoms with Crippen LogP contribution in [-0.4, -0.2) is 16.0 Å². The van der Waals surface area contributed by atoms with Crippen LogP contribution >= 0.6 is 11.6 Å². The minimum absolute atomic E-state index is 0.00490. The van der Waals surface area contributed by atoms with Crippen molar-refractivity contribution in [1.29, 1.82) is 0 Å². The molecule has 1 aromatic heterocycles. The van der Waals surface area contributed by atoms with Crippen molar-refractivity contribution in [1.82, 2.24) is 10.2 Å². The highest BCUT2D eigenvalue weighted by Gasteiger charge is 2.29. The Morgan fingerprint density at radius 2 is 1.70 bits per heavy atom. The summed E-state index contributed by atoms with van der Waals surface area (Å²) in [5, 5.41) is 7.81. The molecule has 0 bridgehead atoms. The van der Waals surface area contributed by atoms with Gasteiger partial charge in [-0.25, -0.2) is 8.78 Å². The van der Waals surface area contributed by atoms with Crippen LogP contribution in [0.25, 0.3) is 11.1 Å². The lowest BCUT2D eigenvalue weighted by molar-refractivity contribution is -0.120. The van der Waals surface area contributed by atoms with Gasteiger partial charge in [0.15, 0.2) is 5.15 Å². The monoisotopic (exact) mass is 336 g/mol. The van der Waals surface area contributed by atoms with Crippen LogP contribution in [0.4, 0.5) is 8.78 Å². The lowest BCUT2D eigenvalue weighted by Gasteiger charge is -2.25. The van der Waals surface area contributed by atoms with E-state index in [-0.39, 0.29) is 28.0 Å². The molecule has 120 valence electrons. The quantitative estimate of drug-likeness (QED) is 0.804. The molecule has 0 radical (unpaired) electrons. The van der Waals surface area contributed by atoms with Crippen molar-refractivity contribution in [3.8, 4) is 11.1 Å². The average molecular weight is 337 g/mol. The Kier molecular flexibility index (Phi) is 4.39. The van der Waals surface area contributed by atoms with Gasteiger partial charge in [-0.1, -0.05) is 17.7 Å². The van der Waals surface area contributed by atoms with Gasteiger partial charge in [0.05, 0.1) is 11.3 Å². The van der Waals surface area contributed by atoms with E-state index in [1.807, 2.05) is 0 Å². The lowest BCUT2D eigenvalue weighted by Crippen LogP contribution is -2.16. The van der Waals surface area contributed by atoms with Crippen molar-refractivity contribution >= 4 is 17.4 Å². The first-order valence-electron chi connectivity index (χ1n) is 7.47. The summed E-state index contributed by atoms with van der Waals surface area (Å²) in [6, 6.07) is 3.69. The van der Waals surface area contributed by atoms with E-state index in [1.165, 1.54) is 18.2 Å². The summed E-state index contributed by atoms with van der Waals surface area (Å²) in [7, 11) is 0. The molecular formula is C17H15ClF2N2O. The van der Waals surface area contributed by atoms with E-state index in [1.54, 1.807) is 6.92 Å². The van der Waals surface area contributed by atoms with Crippen molar-refractivity contribution in [3.63, 3.8) is 0 Å². The van der Waals surface area contributed by atoms with Gasteiger partial charge in [0.25, 0.3) is 0 Å². The zero-order valence-electron chi connectivity index (χ0n) is 12.6. The molecule has 1 saturated carbocycles. The molecule has 0 atom stereocenters. The van der Waals surface area contributed by atoms with Crippen molar-refractivity contribution in [3.05, 3.63) is 46.2 Å². The Labute approximate surface area is 137 Å². The summed E-state index contributed by atoms with van der Waals surface area (Å²) < 4.78 is 28.5. The number of halogens is 3. The maximum atomic E-state index is 14.3. The normalized spacial score (nSPS) is 15.9. The van der Waals surface area contributed by atoms with Gasteiger partial charge < -0.3 is 0 Å². The van der Waals surface area contributed by atoms with Gasteiger partial charge in [-0.2, -0.15) is 5.10 Å². The third-order valence-electron chi connectivity index (χ3n) is 4.32. The van der Waals surface area contributed by atoms with E-state index in [0.29, 0.717) is 36.9 Å². The highest BCUT2D eigenvalue weighted by molar-refractivity contribution is 6.32. The number of rotatable bonds is 2. The van der Waals surface area contributed by atoms with Crippen molar-refractivity contribution in [2.24, 2.45) is 0 Å². The summed E-state index contributed by atoms with van der Waals surface area (Å²) in [6.07, 6.45) is 2.18. The van der Waals surface area contributed by atoms with Gasteiger partial charge >= 0.3 is 0 Å². The Morgan fingerprint density at radius 3 is 2.30 bits per heavy atom. The van der Waals surface area contributed by atoms with E-state index in [2.05, 4.69) is 10.2 Å². The molecule has 1 fully saturated rings. The SMILES string of the molecule is Cc1nnc(Cl)c(-c2c(F)cccc2F)c1C1CCC(=O)CC1. The van der Waals surface area contributed by atoms with Crippen LogP contribution in [0.3, 0.4) is 0 Å². The minimum Gasteiger partial charge on any atom is -0.300 e. The van der Waals surface area contributed by atoms with Gasteiger partial charge in [-0.3, -0.25) is 4.79 Å². The van der Waals surface area contributed by atoms with Gasteiger partial charge in [0.2, 0.25) is 0 Å². The number of hydrogen-bond acceptors (Lipinski definition) is 3. The number of ketones is 1. The van der Waals surface area contributed by atoms with Crippen LogP contribution in [0.1, 0.15) is 42.9 Å². The van der Waals surface area contributed by atoms with Crippen molar-refractivity contribution in [2.75, 3.05) is 0 Å². The largest absolute Gasteiger partial charge is 0.300 e. The molecule has 0 N–H and O–H groups in total. The summed E-state index contributed by atoms with van der Waals surface area (Å²) >= 11 is 6.15. The summed E-state index contributed by atoms with van der Waals surface area (Å²) in [5.41, 5.74) is 1.37. The molecule has 0 aliphatic heterocycles. The molecule has 1 heterocycles. The third kappa shape index (κ3) is 2.98. The molecule has 0 amide bonds. The van der Waals surface area contributed by atoms with Crippen LogP contribution in [0, 0.1) is 18.6 Å². The van der Waals surface area contributed by atoms with Crippen LogP contribution < -0.4 is 0 Å². The maximum absolute atomic E-state index is 14.3. The van der Waals surface area contributed by atoms with Crippen molar-refractivity contribution in [2.45, 2.75) is 38.5 Å². The maximum Gasteiger partial charge on any atom is 0.160 e. The number of nitrogens with zero attached hydrogens (tertiary/aromatic N) is 2. The minimum atomic E-state index is -0.688. The smallest absolute Gasteiger partial charge is 0.160 e. The molecule has 0 unspecified atom stereocenters. The fraction of sp³-hybridized carbons (Fsp3) is 0.353. The predicted molar refractivity (Wildman–Crippen MR) is 83.3 cm³/mol. The van der Waals surface area contributed by atoms with Gasteiger partial charge in [0, 0.05) is 18.4 Å². The average Bonchev–Trinajstić information content (AvgIpc) is 2.52. The Hall–Kier alpha value is -1.88. The topological polar surface area (TPSA) is 42.9 Å². The van der Waals surface area contributed by atoms with E-state index < -0.39 is 11.6 Å². The fourth-order valence-corrected chi connectivity index (χ4v) is 3.45. The highest BCUT2D eigenvalue weighted by Crippen LogP contribution is 2.42. The number of carbonyl (C=O) groups is 1. The number of benzene rings is 1. The number of hydrogen-bond donors (Lipinski definition) is 0. The second-order valence-corrected chi connectivity index (χ2v) is 6.13. The van der Waals surface area contributed by atoms with E-state index in [9.17, 15) is 13.6 Å². The number of aryl methyl sites for hydroxylation is 1. The first-order chi connectivity index (χ1) is 11.0. The number of Topliss-reactive ketones (excluding diaryl/α,β-unsaturated/α-hetero) is 1. The third-order valence-corrected chi connectivity index (χ3v) is 4.58. The van der Waals surface area contributed by atoms with Gasteiger partial charge in [-0.15, -0.1) is 5.10 Å². The van der Waals surface area contributed by atoms with E-state index >= 15 is 0 Å². The molecule has 1 aromatic carbocycles. The van der Waals surface area contributed by atoms with E-state index in [4.69, 9.17) is 11.6 Å². The van der Waals surface area contributed by atoms with Crippen molar-refractivity contribution < 1.29 is 13.6 Å². The molecule has 3 rings (SSSR count). The van der Waals surface area contributed by atoms with Crippen LogP contribution in [0.2, 0.25) is 5.15 Å². The number of aromatic nitrogens is 2. The first-order valence-corrected chi connectivity index (χ1v) is 7.85. The summed E-state index contributed by atoms with van der Waals surface area (Å²) in [4.78, 5) is 11.5. The molecule has 2 aromatic rings.